The maximum atomic E-state index is 12.2. The molecule has 0 unspecified atom stereocenters. The molecule has 0 spiro atoms. The normalized spacial score (nSPS) is 10.3. The minimum absolute atomic E-state index is 0.229. The van der Waals surface area contributed by atoms with Crippen molar-refractivity contribution in [3.63, 3.8) is 0 Å². The third-order valence-corrected chi connectivity index (χ3v) is 3.68. The van der Waals surface area contributed by atoms with Gasteiger partial charge in [0.1, 0.15) is 12.4 Å². The molecule has 0 heterocycles. The van der Waals surface area contributed by atoms with Gasteiger partial charge in [0, 0.05) is 5.56 Å². The number of ether oxygens (including phenoxy) is 3. The zero-order chi connectivity index (χ0) is 21.1. The van der Waals surface area contributed by atoms with Crippen molar-refractivity contribution < 1.29 is 23.8 Å². The molecule has 0 saturated carbocycles. The number of methoxy groups -OCH3 is 2. The lowest BCUT2D eigenvalue weighted by molar-refractivity contribution is -0.120. The van der Waals surface area contributed by atoms with Gasteiger partial charge in [0.05, 0.1) is 27.0 Å². The predicted octanol–water partition coefficient (Wildman–Crippen LogP) is 2.15. The predicted molar refractivity (Wildman–Crippen MR) is 110 cm³/mol. The standard InChI is InChI=1S/C21H23N3O5/c1-4-10-29-17-7-5-6-15(11-17)13-23-24-20(25)14-22-21(26)16-8-9-18(27-2)19(12-16)28-3/h4-9,11-13H,1,10,14H2,2-3H3,(H,22,26)(H,24,25)/b23-13+. The summed E-state index contributed by atoms with van der Waals surface area (Å²) in [6, 6.07) is 11.9. The number of benzene rings is 2. The van der Waals surface area contributed by atoms with Crippen LogP contribution in [0.3, 0.4) is 0 Å². The van der Waals surface area contributed by atoms with E-state index in [0.29, 0.717) is 29.4 Å². The van der Waals surface area contributed by atoms with E-state index in [2.05, 4.69) is 22.4 Å². The Bertz CT molecular complexity index is 896. The Morgan fingerprint density at radius 3 is 2.62 bits per heavy atom. The number of amides is 2. The van der Waals surface area contributed by atoms with Crippen LogP contribution < -0.4 is 25.0 Å². The van der Waals surface area contributed by atoms with E-state index >= 15 is 0 Å². The fraction of sp³-hybridized carbons (Fsp3) is 0.190. The molecule has 0 bridgehead atoms. The third-order valence-electron chi connectivity index (χ3n) is 3.68. The lowest BCUT2D eigenvalue weighted by atomic mass is 10.2. The summed E-state index contributed by atoms with van der Waals surface area (Å²) in [5, 5.41) is 6.39. The van der Waals surface area contributed by atoms with Gasteiger partial charge in [0.15, 0.2) is 11.5 Å². The maximum Gasteiger partial charge on any atom is 0.259 e. The molecule has 152 valence electrons. The van der Waals surface area contributed by atoms with E-state index in [9.17, 15) is 9.59 Å². The molecule has 0 atom stereocenters. The van der Waals surface area contributed by atoms with E-state index in [-0.39, 0.29) is 6.54 Å². The number of carbonyl (C=O) groups is 2. The van der Waals surface area contributed by atoms with Gasteiger partial charge in [-0.25, -0.2) is 5.43 Å². The van der Waals surface area contributed by atoms with Gasteiger partial charge in [-0.15, -0.1) is 0 Å². The second-order valence-corrected chi connectivity index (χ2v) is 5.72. The van der Waals surface area contributed by atoms with Crippen LogP contribution in [0.4, 0.5) is 0 Å². The van der Waals surface area contributed by atoms with E-state index in [1.807, 2.05) is 18.2 Å². The zero-order valence-electron chi connectivity index (χ0n) is 16.3. The van der Waals surface area contributed by atoms with Crippen LogP contribution in [0.2, 0.25) is 0 Å². The Balaban J connectivity index is 1.84. The summed E-state index contributed by atoms with van der Waals surface area (Å²) in [5.74, 6) is 0.720. The molecule has 0 aromatic heterocycles. The highest BCUT2D eigenvalue weighted by Crippen LogP contribution is 2.27. The van der Waals surface area contributed by atoms with Crippen LogP contribution in [0.5, 0.6) is 17.2 Å². The van der Waals surface area contributed by atoms with Gasteiger partial charge in [0.2, 0.25) is 0 Å². The SMILES string of the molecule is C=CCOc1cccc(/C=N/NC(=O)CNC(=O)c2ccc(OC)c(OC)c2)c1. The van der Waals surface area contributed by atoms with Crippen molar-refractivity contribution >= 4 is 18.0 Å². The molecule has 2 rings (SSSR count). The van der Waals surface area contributed by atoms with Crippen LogP contribution in [0.15, 0.2) is 60.2 Å². The van der Waals surface area contributed by atoms with Crippen LogP contribution in [0.1, 0.15) is 15.9 Å². The van der Waals surface area contributed by atoms with E-state index in [1.54, 1.807) is 24.3 Å². The van der Waals surface area contributed by atoms with Crippen LogP contribution >= 0.6 is 0 Å². The van der Waals surface area contributed by atoms with E-state index in [0.717, 1.165) is 5.56 Å². The Kier molecular flexibility index (Phi) is 8.25. The van der Waals surface area contributed by atoms with Crippen LogP contribution in [-0.2, 0) is 4.79 Å². The number of hydrazone groups is 1. The molecule has 2 amide bonds. The van der Waals surface area contributed by atoms with Crippen molar-refractivity contribution in [3.8, 4) is 17.2 Å². The number of carbonyl (C=O) groups excluding carboxylic acids is 2. The fourth-order valence-corrected chi connectivity index (χ4v) is 2.30. The van der Waals surface area contributed by atoms with Crippen LogP contribution in [-0.4, -0.2) is 45.4 Å². The first-order chi connectivity index (χ1) is 14.1. The highest BCUT2D eigenvalue weighted by molar-refractivity contribution is 5.97. The minimum atomic E-state index is -0.464. The van der Waals surface area contributed by atoms with E-state index in [1.165, 1.54) is 26.5 Å². The lowest BCUT2D eigenvalue weighted by Gasteiger charge is -2.09. The molecule has 0 aliphatic rings. The van der Waals surface area contributed by atoms with Gasteiger partial charge >= 0.3 is 0 Å². The first kappa shape index (κ1) is 21.5. The average molecular weight is 397 g/mol. The second-order valence-electron chi connectivity index (χ2n) is 5.72. The molecule has 0 aliphatic heterocycles. The Morgan fingerprint density at radius 2 is 1.90 bits per heavy atom. The molecular formula is C21H23N3O5. The van der Waals surface area contributed by atoms with Crippen molar-refractivity contribution in [3.05, 3.63) is 66.2 Å². The highest BCUT2D eigenvalue weighted by atomic mass is 16.5. The van der Waals surface area contributed by atoms with Crippen molar-refractivity contribution in [2.75, 3.05) is 27.4 Å². The van der Waals surface area contributed by atoms with Crippen molar-refractivity contribution in [2.24, 2.45) is 5.10 Å². The highest BCUT2D eigenvalue weighted by Gasteiger charge is 2.11. The van der Waals surface area contributed by atoms with E-state index < -0.39 is 11.8 Å². The first-order valence-electron chi connectivity index (χ1n) is 8.73. The molecular weight excluding hydrogens is 374 g/mol. The fourth-order valence-electron chi connectivity index (χ4n) is 2.30. The molecule has 8 nitrogen and oxygen atoms in total. The number of nitrogens with one attached hydrogen (secondary N) is 2. The number of hydrogen-bond acceptors (Lipinski definition) is 6. The van der Waals surface area contributed by atoms with Crippen LogP contribution in [0.25, 0.3) is 0 Å². The number of hydrogen-bond donors (Lipinski definition) is 2. The lowest BCUT2D eigenvalue weighted by Crippen LogP contribution is -2.34. The smallest absolute Gasteiger partial charge is 0.259 e. The number of rotatable bonds is 10. The molecule has 8 heteroatoms. The second kappa shape index (κ2) is 11.1. The summed E-state index contributed by atoms with van der Waals surface area (Å²) in [5.41, 5.74) is 3.45. The largest absolute Gasteiger partial charge is 0.493 e. The molecule has 0 radical (unpaired) electrons. The summed E-state index contributed by atoms with van der Waals surface area (Å²) in [6.45, 7) is 3.76. The summed E-state index contributed by atoms with van der Waals surface area (Å²) < 4.78 is 15.7. The summed E-state index contributed by atoms with van der Waals surface area (Å²) in [4.78, 5) is 24.1. The molecule has 0 saturated heterocycles. The van der Waals surface area contributed by atoms with Gasteiger partial charge in [-0.2, -0.15) is 5.10 Å². The van der Waals surface area contributed by atoms with Gasteiger partial charge < -0.3 is 19.5 Å². The molecule has 0 fully saturated rings. The quantitative estimate of drug-likeness (QED) is 0.364. The summed E-state index contributed by atoms with van der Waals surface area (Å²) in [7, 11) is 2.99. The Hall–Kier alpha value is -3.81. The monoisotopic (exact) mass is 397 g/mol. The first-order valence-corrected chi connectivity index (χ1v) is 8.73. The van der Waals surface area contributed by atoms with Gasteiger partial charge in [-0.05, 0) is 35.9 Å². The minimum Gasteiger partial charge on any atom is -0.493 e. The van der Waals surface area contributed by atoms with Gasteiger partial charge in [-0.3, -0.25) is 9.59 Å². The topological polar surface area (TPSA) is 98.2 Å². The Labute approximate surface area is 169 Å². The molecule has 2 N–H and O–H groups in total. The summed E-state index contributed by atoms with van der Waals surface area (Å²) >= 11 is 0. The molecule has 29 heavy (non-hydrogen) atoms. The average Bonchev–Trinajstić information content (AvgIpc) is 2.75. The van der Waals surface area contributed by atoms with Crippen molar-refractivity contribution in [1.82, 2.24) is 10.7 Å². The van der Waals surface area contributed by atoms with Crippen molar-refractivity contribution in [2.45, 2.75) is 0 Å². The summed E-state index contributed by atoms with van der Waals surface area (Å²) in [6.07, 6.45) is 3.13. The number of nitrogens with zero attached hydrogens (tertiary/aromatic N) is 1. The molecule has 2 aromatic carbocycles. The molecule has 2 aromatic rings. The maximum absolute atomic E-state index is 12.2. The molecule has 0 aliphatic carbocycles. The zero-order valence-corrected chi connectivity index (χ0v) is 16.3. The van der Waals surface area contributed by atoms with Crippen LogP contribution in [0, 0.1) is 0 Å². The third kappa shape index (κ3) is 6.69. The van der Waals surface area contributed by atoms with Gasteiger partial charge in [0.25, 0.3) is 11.8 Å². The van der Waals surface area contributed by atoms with Crippen molar-refractivity contribution in [1.29, 1.82) is 0 Å². The Morgan fingerprint density at radius 1 is 1.10 bits per heavy atom. The van der Waals surface area contributed by atoms with Gasteiger partial charge in [-0.1, -0.05) is 24.8 Å². The van der Waals surface area contributed by atoms with E-state index in [4.69, 9.17) is 14.2 Å².